The van der Waals surface area contributed by atoms with Crippen molar-refractivity contribution in [3.63, 3.8) is 0 Å². The molecule has 94 valence electrons. The van der Waals surface area contributed by atoms with E-state index < -0.39 is 6.04 Å². The maximum atomic E-state index is 11.7. The van der Waals surface area contributed by atoms with Gasteiger partial charge in [0.2, 0.25) is 5.91 Å². The predicted octanol–water partition coefficient (Wildman–Crippen LogP) is 2.16. The number of halogens is 1. The normalized spacial score (nSPS) is 11.9. The van der Waals surface area contributed by atoms with Crippen molar-refractivity contribution in [1.29, 1.82) is 0 Å². The molecule has 0 aliphatic rings. The van der Waals surface area contributed by atoms with Crippen molar-refractivity contribution in [1.82, 2.24) is 10.6 Å². The largest absolute Gasteiger partial charge is 0.354 e. The number of rotatable bonds is 5. The van der Waals surface area contributed by atoms with Crippen molar-refractivity contribution in [3.05, 3.63) is 20.8 Å². The topological polar surface area (TPSA) is 58.2 Å². The molecule has 1 aromatic heterocycles. The zero-order valence-corrected chi connectivity index (χ0v) is 12.2. The minimum Gasteiger partial charge on any atom is -0.354 e. The number of carbonyl (C=O) groups excluding carboxylic acids is 2. The maximum Gasteiger partial charge on any atom is 0.262 e. The van der Waals surface area contributed by atoms with Gasteiger partial charge >= 0.3 is 0 Å². The first-order chi connectivity index (χ1) is 8.04. The molecule has 0 aliphatic heterocycles. The van der Waals surface area contributed by atoms with Crippen molar-refractivity contribution in [2.24, 2.45) is 0 Å². The molecule has 2 amide bonds. The fourth-order valence-corrected chi connectivity index (χ4v) is 2.46. The monoisotopic (exact) mass is 318 g/mol. The van der Waals surface area contributed by atoms with E-state index in [-0.39, 0.29) is 11.8 Å². The molecule has 1 heterocycles. The van der Waals surface area contributed by atoms with E-state index in [1.165, 1.54) is 11.3 Å². The first-order valence-corrected chi connectivity index (χ1v) is 6.99. The zero-order chi connectivity index (χ0) is 12.8. The molecule has 4 nitrogen and oxygen atoms in total. The van der Waals surface area contributed by atoms with Crippen LogP contribution in [0.1, 0.15) is 29.9 Å². The molecule has 0 saturated carbocycles. The number of hydrogen-bond donors (Lipinski definition) is 2. The van der Waals surface area contributed by atoms with E-state index in [1.807, 2.05) is 6.92 Å². The summed E-state index contributed by atoms with van der Waals surface area (Å²) in [5, 5.41) is 5.39. The number of carbonyl (C=O) groups is 2. The average Bonchev–Trinajstić information content (AvgIpc) is 2.72. The molecule has 0 aromatic carbocycles. The molecule has 2 N–H and O–H groups in total. The van der Waals surface area contributed by atoms with Crippen LogP contribution < -0.4 is 10.6 Å². The van der Waals surface area contributed by atoms with Gasteiger partial charge in [-0.25, -0.2) is 0 Å². The van der Waals surface area contributed by atoms with Crippen LogP contribution in [0.5, 0.6) is 0 Å². The molecule has 0 radical (unpaired) electrons. The number of nitrogens with one attached hydrogen (secondary N) is 2. The summed E-state index contributed by atoms with van der Waals surface area (Å²) in [6.45, 7) is 4.28. The molecule has 17 heavy (non-hydrogen) atoms. The van der Waals surface area contributed by atoms with Crippen LogP contribution in [0.3, 0.4) is 0 Å². The van der Waals surface area contributed by atoms with E-state index in [4.69, 9.17) is 0 Å². The lowest BCUT2D eigenvalue weighted by molar-refractivity contribution is -0.122. The second-order valence-corrected chi connectivity index (χ2v) is 6.05. The van der Waals surface area contributed by atoms with Crippen LogP contribution >= 0.6 is 27.3 Å². The SMILES string of the molecule is CCCNC(=O)C(C)NC(=O)c1ccc(Br)s1. The summed E-state index contributed by atoms with van der Waals surface area (Å²) in [7, 11) is 0. The van der Waals surface area contributed by atoms with Crippen LogP contribution in [0.25, 0.3) is 0 Å². The molecule has 6 heteroatoms. The van der Waals surface area contributed by atoms with Gasteiger partial charge in [-0.2, -0.15) is 0 Å². The lowest BCUT2D eigenvalue weighted by Crippen LogP contribution is -2.44. The molecule has 1 rings (SSSR count). The highest BCUT2D eigenvalue weighted by Crippen LogP contribution is 2.21. The van der Waals surface area contributed by atoms with Gasteiger partial charge < -0.3 is 10.6 Å². The third-order valence-corrected chi connectivity index (χ3v) is 3.71. The van der Waals surface area contributed by atoms with E-state index in [1.54, 1.807) is 19.1 Å². The highest BCUT2D eigenvalue weighted by Gasteiger charge is 2.16. The molecule has 1 aromatic rings. The van der Waals surface area contributed by atoms with E-state index in [0.29, 0.717) is 11.4 Å². The van der Waals surface area contributed by atoms with E-state index in [2.05, 4.69) is 26.6 Å². The first kappa shape index (κ1) is 14.2. The predicted molar refractivity (Wildman–Crippen MR) is 72.2 cm³/mol. The molecule has 1 unspecified atom stereocenters. The van der Waals surface area contributed by atoms with Crippen LogP contribution in [0.15, 0.2) is 15.9 Å². The van der Waals surface area contributed by atoms with Crippen molar-refractivity contribution >= 4 is 39.1 Å². The summed E-state index contributed by atoms with van der Waals surface area (Å²) in [6.07, 6.45) is 0.879. The Bertz CT molecular complexity index is 406. The van der Waals surface area contributed by atoms with Gasteiger partial charge in [0, 0.05) is 6.54 Å². The van der Waals surface area contributed by atoms with Gasteiger partial charge in [0.1, 0.15) is 6.04 Å². The summed E-state index contributed by atoms with van der Waals surface area (Å²) in [6, 6.07) is 3.01. The van der Waals surface area contributed by atoms with Crippen molar-refractivity contribution in [2.45, 2.75) is 26.3 Å². The Labute approximate surface area is 113 Å². The molecule has 0 bridgehead atoms. The molecular weight excluding hydrogens is 304 g/mol. The molecule has 0 fully saturated rings. The van der Waals surface area contributed by atoms with Gasteiger partial charge in [0.15, 0.2) is 0 Å². The summed E-state index contributed by atoms with van der Waals surface area (Å²) in [5.41, 5.74) is 0. The van der Waals surface area contributed by atoms with Gasteiger partial charge in [0.25, 0.3) is 5.91 Å². The Morgan fingerprint density at radius 3 is 2.71 bits per heavy atom. The average molecular weight is 319 g/mol. The van der Waals surface area contributed by atoms with Crippen LogP contribution in [-0.2, 0) is 4.79 Å². The van der Waals surface area contributed by atoms with Crippen LogP contribution in [0.4, 0.5) is 0 Å². The van der Waals surface area contributed by atoms with Gasteiger partial charge in [-0.15, -0.1) is 11.3 Å². The van der Waals surface area contributed by atoms with Crippen molar-refractivity contribution in [2.75, 3.05) is 6.54 Å². The summed E-state index contributed by atoms with van der Waals surface area (Å²) >= 11 is 4.63. The highest BCUT2D eigenvalue weighted by molar-refractivity contribution is 9.11. The second kappa shape index (κ2) is 6.76. The highest BCUT2D eigenvalue weighted by atomic mass is 79.9. The molecule has 0 saturated heterocycles. The zero-order valence-electron chi connectivity index (χ0n) is 9.75. The lowest BCUT2D eigenvalue weighted by atomic mass is 10.3. The number of amides is 2. The minimum absolute atomic E-state index is 0.157. The Morgan fingerprint density at radius 2 is 2.18 bits per heavy atom. The first-order valence-electron chi connectivity index (χ1n) is 5.38. The standard InChI is InChI=1S/C11H15BrN2O2S/c1-3-6-13-10(15)7(2)14-11(16)8-4-5-9(12)17-8/h4-5,7H,3,6H2,1-2H3,(H,13,15)(H,14,16). The Hall–Kier alpha value is -0.880. The van der Waals surface area contributed by atoms with Crippen LogP contribution in [-0.4, -0.2) is 24.4 Å². The van der Waals surface area contributed by atoms with Crippen LogP contribution in [0, 0.1) is 0 Å². The molecule has 0 aliphatic carbocycles. The van der Waals surface area contributed by atoms with Crippen molar-refractivity contribution in [3.8, 4) is 0 Å². The van der Waals surface area contributed by atoms with Gasteiger partial charge in [-0.05, 0) is 41.4 Å². The third-order valence-electron chi connectivity index (χ3n) is 2.09. The Balaban J connectivity index is 2.48. The van der Waals surface area contributed by atoms with Gasteiger partial charge in [-0.3, -0.25) is 9.59 Å². The fraction of sp³-hybridized carbons (Fsp3) is 0.455. The van der Waals surface area contributed by atoms with Gasteiger partial charge in [0.05, 0.1) is 8.66 Å². The van der Waals surface area contributed by atoms with E-state index in [9.17, 15) is 9.59 Å². The molecular formula is C11H15BrN2O2S. The Morgan fingerprint density at radius 1 is 1.47 bits per heavy atom. The summed E-state index contributed by atoms with van der Waals surface area (Å²) < 4.78 is 0.894. The second-order valence-electron chi connectivity index (χ2n) is 3.59. The smallest absolute Gasteiger partial charge is 0.262 e. The molecule has 1 atom stereocenters. The lowest BCUT2D eigenvalue weighted by Gasteiger charge is -2.12. The third kappa shape index (κ3) is 4.47. The molecule has 0 spiro atoms. The number of hydrogen-bond acceptors (Lipinski definition) is 3. The number of thiophene rings is 1. The summed E-state index contributed by atoms with van der Waals surface area (Å²) in [4.78, 5) is 23.9. The van der Waals surface area contributed by atoms with Crippen LogP contribution in [0.2, 0.25) is 0 Å². The quantitative estimate of drug-likeness (QED) is 0.874. The summed E-state index contributed by atoms with van der Waals surface area (Å²) in [5.74, 6) is -0.379. The maximum absolute atomic E-state index is 11.7. The van der Waals surface area contributed by atoms with Gasteiger partial charge in [-0.1, -0.05) is 6.92 Å². The Kier molecular flexibility index (Phi) is 5.64. The fourth-order valence-electron chi connectivity index (χ4n) is 1.17. The minimum atomic E-state index is -0.519. The van der Waals surface area contributed by atoms with Crippen molar-refractivity contribution < 1.29 is 9.59 Å². The van der Waals surface area contributed by atoms with E-state index >= 15 is 0 Å². The van der Waals surface area contributed by atoms with E-state index in [0.717, 1.165) is 10.2 Å².